The number of piperidine rings is 1. The van der Waals surface area contributed by atoms with Crippen molar-refractivity contribution in [1.29, 1.82) is 0 Å². The molecular formula is C19H27FN2O3. The van der Waals surface area contributed by atoms with Gasteiger partial charge in [0, 0.05) is 52.3 Å². The second kappa shape index (κ2) is 7.70. The first-order valence-corrected chi connectivity index (χ1v) is 8.94. The zero-order valence-electron chi connectivity index (χ0n) is 15.0. The van der Waals surface area contributed by atoms with Gasteiger partial charge in [0.25, 0.3) is 0 Å². The zero-order valence-corrected chi connectivity index (χ0v) is 15.0. The minimum Gasteiger partial charge on any atom is -0.490 e. The van der Waals surface area contributed by atoms with E-state index in [0.29, 0.717) is 18.4 Å². The van der Waals surface area contributed by atoms with Gasteiger partial charge in [-0.25, -0.2) is 4.39 Å². The molecule has 5 nitrogen and oxygen atoms in total. The minimum atomic E-state index is -0.357. The summed E-state index contributed by atoms with van der Waals surface area (Å²) in [5.41, 5.74) is -0.357. The van der Waals surface area contributed by atoms with Crippen molar-refractivity contribution in [2.45, 2.75) is 37.8 Å². The Morgan fingerprint density at radius 1 is 1.32 bits per heavy atom. The van der Waals surface area contributed by atoms with Crippen LogP contribution in [0.3, 0.4) is 0 Å². The molecular weight excluding hydrogens is 323 g/mol. The molecule has 0 bridgehead atoms. The molecule has 0 aromatic heterocycles. The van der Waals surface area contributed by atoms with E-state index in [4.69, 9.17) is 9.47 Å². The van der Waals surface area contributed by atoms with Crippen LogP contribution < -0.4 is 4.74 Å². The Bertz CT molecular complexity index is 604. The largest absolute Gasteiger partial charge is 0.490 e. The van der Waals surface area contributed by atoms with Gasteiger partial charge in [0.1, 0.15) is 23.8 Å². The maximum Gasteiger partial charge on any atom is 0.219 e. The summed E-state index contributed by atoms with van der Waals surface area (Å²) < 4.78 is 24.9. The Balaban J connectivity index is 1.55. The van der Waals surface area contributed by atoms with Crippen LogP contribution >= 0.6 is 0 Å². The van der Waals surface area contributed by atoms with E-state index in [-0.39, 0.29) is 17.3 Å². The van der Waals surface area contributed by atoms with E-state index in [2.05, 4.69) is 4.90 Å². The molecule has 2 fully saturated rings. The van der Waals surface area contributed by atoms with E-state index in [1.165, 1.54) is 12.1 Å². The van der Waals surface area contributed by atoms with Crippen LogP contribution in [0.25, 0.3) is 0 Å². The predicted molar refractivity (Wildman–Crippen MR) is 93.1 cm³/mol. The SMILES string of the molecule is COC1(COc2cccc(F)c2)CCN(C2CCN(C(C)=O)CC2)C1. The van der Waals surface area contributed by atoms with Crippen molar-refractivity contribution in [1.82, 2.24) is 9.80 Å². The number of hydrogen-bond donors (Lipinski definition) is 0. The molecule has 2 heterocycles. The molecule has 6 heteroatoms. The van der Waals surface area contributed by atoms with Crippen molar-refractivity contribution in [3.8, 4) is 5.75 Å². The molecule has 1 amide bonds. The van der Waals surface area contributed by atoms with Crippen molar-refractivity contribution in [2.24, 2.45) is 0 Å². The van der Waals surface area contributed by atoms with Crippen molar-refractivity contribution >= 4 is 5.91 Å². The fourth-order valence-corrected chi connectivity index (χ4v) is 3.85. The Morgan fingerprint density at radius 3 is 2.72 bits per heavy atom. The lowest BCUT2D eigenvalue weighted by atomic mass is 10.0. The summed E-state index contributed by atoms with van der Waals surface area (Å²) >= 11 is 0. The summed E-state index contributed by atoms with van der Waals surface area (Å²) in [5.74, 6) is 0.397. The van der Waals surface area contributed by atoms with E-state index >= 15 is 0 Å². The second-order valence-corrected chi connectivity index (χ2v) is 7.09. The molecule has 0 radical (unpaired) electrons. The highest BCUT2D eigenvalue weighted by Gasteiger charge is 2.42. The van der Waals surface area contributed by atoms with Gasteiger partial charge in [0.2, 0.25) is 5.91 Å². The molecule has 0 N–H and O–H groups in total. The number of amides is 1. The first kappa shape index (κ1) is 18.1. The van der Waals surface area contributed by atoms with E-state index in [0.717, 1.165) is 45.4 Å². The maximum atomic E-state index is 13.3. The molecule has 0 aliphatic carbocycles. The summed E-state index contributed by atoms with van der Waals surface area (Å²) in [5, 5.41) is 0. The van der Waals surface area contributed by atoms with Crippen LogP contribution in [-0.2, 0) is 9.53 Å². The molecule has 1 unspecified atom stereocenters. The Kier molecular flexibility index (Phi) is 5.59. The maximum absolute atomic E-state index is 13.3. The van der Waals surface area contributed by atoms with Gasteiger partial charge in [0.15, 0.2) is 0 Å². The average molecular weight is 350 g/mol. The Morgan fingerprint density at radius 2 is 2.08 bits per heavy atom. The van der Waals surface area contributed by atoms with Gasteiger partial charge in [-0.15, -0.1) is 0 Å². The summed E-state index contributed by atoms with van der Waals surface area (Å²) in [7, 11) is 1.72. The number of halogens is 1. The van der Waals surface area contributed by atoms with Crippen LogP contribution in [-0.4, -0.2) is 67.2 Å². The minimum absolute atomic E-state index is 0.162. The normalized spacial score (nSPS) is 25.3. The molecule has 25 heavy (non-hydrogen) atoms. The molecule has 1 aromatic rings. The standard InChI is InChI=1S/C19H27FN2O3/c1-15(23)21-9-6-17(7-10-21)22-11-8-19(13-22,24-2)14-25-18-5-3-4-16(20)12-18/h3-5,12,17H,6-11,13-14H2,1-2H3. The summed E-state index contributed by atoms with van der Waals surface area (Å²) in [6, 6.07) is 6.70. The smallest absolute Gasteiger partial charge is 0.219 e. The molecule has 2 aliphatic heterocycles. The predicted octanol–water partition coefficient (Wildman–Crippen LogP) is 2.31. The van der Waals surface area contributed by atoms with Gasteiger partial charge < -0.3 is 14.4 Å². The molecule has 2 saturated heterocycles. The first-order valence-electron chi connectivity index (χ1n) is 8.94. The van der Waals surface area contributed by atoms with E-state index < -0.39 is 0 Å². The number of carbonyl (C=O) groups is 1. The van der Waals surface area contributed by atoms with Crippen molar-refractivity contribution in [2.75, 3.05) is 39.9 Å². The lowest BCUT2D eigenvalue weighted by molar-refractivity contribution is -0.130. The van der Waals surface area contributed by atoms with Crippen LogP contribution in [0, 0.1) is 5.82 Å². The molecule has 0 spiro atoms. The number of ether oxygens (including phenoxy) is 2. The molecule has 138 valence electrons. The zero-order chi connectivity index (χ0) is 17.9. The number of likely N-dealkylation sites (tertiary alicyclic amines) is 2. The van der Waals surface area contributed by atoms with Gasteiger partial charge in [-0.05, 0) is 31.4 Å². The Hall–Kier alpha value is -1.66. The molecule has 1 aromatic carbocycles. The van der Waals surface area contributed by atoms with Gasteiger partial charge >= 0.3 is 0 Å². The quantitative estimate of drug-likeness (QED) is 0.817. The third-order valence-corrected chi connectivity index (χ3v) is 5.50. The third-order valence-electron chi connectivity index (χ3n) is 5.50. The van der Waals surface area contributed by atoms with E-state index in [1.807, 2.05) is 4.90 Å². The van der Waals surface area contributed by atoms with Gasteiger partial charge in [0.05, 0.1) is 0 Å². The van der Waals surface area contributed by atoms with E-state index in [1.54, 1.807) is 26.2 Å². The van der Waals surface area contributed by atoms with Crippen LogP contribution in [0.5, 0.6) is 5.75 Å². The van der Waals surface area contributed by atoms with Gasteiger partial charge in [-0.1, -0.05) is 6.07 Å². The molecule has 0 saturated carbocycles. The summed E-state index contributed by atoms with van der Waals surface area (Å²) in [6.07, 6.45) is 2.90. The number of carbonyl (C=O) groups excluding carboxylic acids is 1. The molecule has 2 aliphatic rings. The average Bonchev–Trinajstić information content (AvgIpc) is 3.05. The van der Waals surface area contributed by atoms with Crippen molar-refractivity contribution in [3.63, 3.8) is 0 Å². The van der Waals surface area contributed by atoms with Crippen LogP contribution in [0.4, 0.5) is 4.39 Å². The van der Waals surface area contributed by atoms with E-state index in [9.17, 15) is 9.18 Å². The third kappa shape index (κ3) is 4.30. The fourth-order valence-electron chi connectivity index (χ4n) is 3.85. The van der Waals surface area contributed by atoms with Crippen LogP contribution in [0.2, 0.25) is 0 Å². The van der Waals surface area contributed by atoms with Crippen molar-refractivity contribution in [3.05, 3.63) is 30.1 Å². The fraction of sp³-hybridized carbons (Fsp3) is 0.632. The first-order chi connectivity index (χ1) is 12.0. The molecule has 1 atom stereocenters. The van der Waals surface area contributed by atoms with Crippen LogP contribution in [0.1, 0.15) is 26.2 Å². The lowest BCUT2D eigenvalue weighted by Crippen LogP contribution is -2.48. The topological polar surface area (TPSA) is 42.0 Å². The lowest BCUT2D eigenvalue weighted by Gasteiger charge is -2.37. The van der Waals surface area contributed by atoms with Crippen LogP contribution in [0.15, 0.2) is 24.3 Å². The number of benzene rings is 1. The number of methoxy groups -OCH3 is 1. The second-order valence-electron chi connectivity index (χ2n) is 7.09. The highest BCUT2D eigenvalue weighted by Crippen LogP contribution is 2.30. The van der Waals surface area contributed by atoms with Gasteiger partial charge in [-0.3, -0.25) is 9.69 Å². The Labute approximate surface area is 148 Å². The highest BCUT2D eigenvalue weighted by molar-refractivity contribution is 5.73. The number of nitrogens with zero attached hydrogens (tertiary/aromatic N) is 2. The monoisotopic (exact) mass is 350 g/mol. The number of hydrogen-bond acceptors (Lipinski definition) is 4. The molecule has 3 rings (SSSR count). The van der Waals surface area contributed by atoms with Crippen molar-refractivity contribution < 1.29 is 18.7 Å². The number of rotatable bonds is 5. The highest BCUT2D eigenvalue weighted by atomic mass is 19.1. The summed E-state index contributed by atoms with van der Waals surface area (Å²) in [6.45, 7) is 5.48. The van der Waals surface area contributed by atoms with Gasteiger partial charge in [-0.2, -0.15) is 0 Å². The summed E-state index contributed by atoms with van der Waals surface area (Å²) in [4.78, 5) is 15.8.